The number of nitrogens with one attached hydrogen (secondary N) is 1. The monoisotopic (exact) mass is 410 g/mol. The molecule has 1 N–H and O–H groups in total. The predicted molar refractivity (Wildman–Crippen MR) is 103 cm³/mol. The molecule has 2 aromatic rings. The highest BCUT2D eigenvalue weighted by atomic mass is 19.4. The molecule has 5 nitrogen and oxygen atoms in total. The van der Waals surface area contributed by atoms with Crippen LogP contribution in [0.2, 0.25) is 0 Å². The van der Waals surface area contributed by atoms with Crippen molar-refractivity contribution in [2.45, 2.75) is 45.3 Å². The van der Waals surface area contributed by atoms with Gasteiger partial charge in [0.2, 0.25) is 0 Å². The molecule has 2 rings (SSSR count). The maximum absolute atomic E-state index is 12.8. The SMILES string of the molecule is COc1ccc(C(C)(C)C)cc1C(=O)NC(C)c1ccc(OCC(F)(F)F)cn1. The van der Waals surface area contributed by atoms with E-state index >= 15 is 0 Å². The van der Waals surface area contributed by atoms with Crippen LogP contribution in [0.5, 0.6) is 11.5 Å². The van der Waals surface area contributed by atoms with Crippen molar-refractivity contribution in [3.63, 3.8) is 0 Å². The highest BCUT2D eigenvalue weighted by molar-refractivity contribution is 5.97. The maximum Gasteiger partial charge on any atom is 0.422 e. The summed E-state index contributed by atoms with van der Waals surface area (Å²) in [7, 11) is 1.49. The maximum atomic E-state index is 12.8. The fourth-order valence-corrected chi connectivity index (χ4v) is 2.60. The Morgan fingerprint density at radius 3 is 2.38 bits per heavy atom. The van der Waals surface area contributed by atoms with Crippen LogP contribution in [0.1, 0.15) is 55.4 Å². The number of alkyl halides is 3. The molecule has 0 saturated heterocycles. The second-order valence-corrected chi connectivity index (χ2v) is 7.68. The lowest BCUT2D eigenvalue weighted by atomic mass is 9.86. The Labute approximate surface area is 168 Å². The van der Waals surface area contributed by atoms with Crippen molar-refractivity contribution in [2.24, 2.45) is 0 Å². The van der Waals surface area contributed by atoms with Gasteiger partial charge < -0.3 is 14.8 Å². The molecule has 1 aromatic carbocycles. The van der Waals surface area contributed by atoms with Crippen LogP contribution >= 0.6 is 0 Å². The van der Waals surface area contributed by atoms with Crippen molar-refractivity contribution in [3.8, 4) is 11.5 Å². The molecule has 0 aliphatic carbocycles. The van der Waals surface area contributed by atoms with Crippen LogP contribution < -0.4 is 14.8 Å². The highest BCUT2D eigenvalue weighted by Crippen LogP contribution is 2.28. The van der Waals surface area contributed by atoms with Gasteiger partial charge in [-0.1, -0.05) is 26.8 Å². The molecule has 0 aliphatic heterocycles. The zero-order valence-electron chi connectivity index (χ0n) is 17.1. The number of hydrogen-bond acceptors (Lipinski definition) is 4. The second-order valence-electron chi connectivity index (χ2n) is 7.68. The van der Waals surface area contributed by atoms with Gasteiger partial charge in [-0.05, 0) is 42.2 Å². The summed E-state index contributed by atoms with van der Waals surface area (Å²) in [5.74, 6) is 0.121. The smallest absolute Gasteiger partial charge is 0.422 e. The number of rotatable bonds is 6. The number of pyridine rings is 1. The van der Waals surface area contributed by atoms with E-state index in [2.05, 4.69) is 15.0 Å². The lowest BCUT2D eigenvalue weighted by Crippen LogP contribution is -2.28. The second kappa shape index (κ2) is 8.71. The third-order valence-corrected chi connectivity index (χ3v) is 4.26. The number of carbonyl (C=O) groups excluding carboxylic acids is 1. The average molecular weight is 410 g/mol. The predicted octanol–water partition coefficient (Wildman–Crippen LogP) is 4.82. The number of nitrogens with zero attached hydrogens (tertiary/aromatic N) is 1. The zero-order chi connectivity index (χ0) is 21.8. The average Bonchev–Trinajstić information content (AvgIpc) is 2.64. The fourth-order valence-electron chi connectivity index (χ4n) is 2.60. The Morgan fingerprint density at radius 2 is 1.86 bits per heavy atom. The van der Waals surface area contributed by atoms with Crippen molar-refractivity contribution in [1.29, 1.82) is 0 Å². The van der Waals surface area contributed by atoms with Crippen LogP contribution in [0.25, 0.3) is 0 Å². The minimum Gasteiger partial charge on any atom is -0.496 e. The number of hydrogen-bond donors (Lipinski definition) is 1. The van der Waals surface area contributed by atoms with Gasteiger partial charge in [-0.25, -0.2) is 0 Å². The number of methoxy groups -OCH3 is 1. The van der Waals surface area contributed by atoms with Gasteiger partial charge in [-0.3, -0.25) is 9.78 Å². The summed E-state index contributed by atoms with van der Waals surface area (Å²) in [4.78, 5) is 16.9. The topological polar surface area (TPSA) is 60.5 Å². The normalized spacial score (nSPS) is 13.0. The molecule has 1 heterocycles. The molecular formula is C21H25F3N2O3. The van der Waals surface area contributed by atoms with Crippen LogP contribution in [0.4, 0.5) is 13.2 Å². The van der Waals surface area contributed by atoms with Gasteiger partial charge >= 0.3 is 6.18 Å². The number of ether oxygens (including phenoxy) is 2. The Bertz CT molecular complexity index is 844. The van der Waals surface area contributed by atoms with Crippen molar-refractivity contribution in [2.75, 3.05) is 13.7 Å². The Balaban J connectivity index is 2.12. The minimum absolute atomic E-state index is 0.00384. The molecule has 0 bridgehead atoms. The largest absolute Gasteiger partial charge is 0.496 e. The molecule has 1 amide bonds. The molecule has 1 aromatic heterocycles. The number of aromatic nitrogens is 1. The van der Waals surface area contributed by atoms with Crippen LogP contribution in [-0.2, 0) is 5.41 Å². The molecule has 1 atom stereocenters. The molecule has 1 unspecified atom stereocenters. The van der Waals surface area contributed by atoms with Gasteiger partial charge in [0.25, 0.3) is 5.91 Å². The molecule has 0 aliphatic rings. The third kappa shape index (κ3) is 6.37. The highest BCUT2D eigenvalue weighted by Gasteiger charge is 2.28. The van der Waals surface area contributed by atoms with Crippen molar-refractivity contribution in [3.05, 3.63) is 53.3 Å². The van der Waals surface area contributed by atoms with Crippen LogP contribution in [0.3, 0.4) is 0 Å². The Morgan fingerprint density at radius 1 is 1.17 bits per heavy atom. The lowest BCUT2D eigenvalue weighted by Gasteiger charge is -2.21. The number of benzene rings is 1. The third-order valence-electron chi connectivity index (χ3n) is 4.26. The molecular weight excluding hydrogens is 385 g/mol. The molecule has 0 spiro atoms. The van der Waals surface area contributed by atoms with E-state index in [-0.39, 0.29) is 17.1 Å². The van der Waals surface area contributed by atoms with Crippen molar-refractivity contribution >= 4 is 5.91 Å². The van der Waals surface area contributed by atoms with E-state index in [1.165, 1.54) is 25.4 Å². The van der Waals surface area contributed by atoms with E-state index in [9.17, 15) is 18.0 Å². The molecule has 8 heteroatoms. The molecule has 0 fully saturated rings. The summed E-state index contributed by atoms with van der Waals surface area (Å²) in [6.45, 7) is 6.49. The van der Waals surface area contributed by atoms with Gasteiger partial charge in [-0.2, -0.15) is 13.2 Å². The first kappa shape index (κ1) is 22.5. The zero-order valence-corrected chi connectivity index (χ0v) is 17.1. The minimum atomic E-state index is -4.42. The number of amides is 1. The van der Waals surface area contributed by atoms with Crippen molar-refractivity contribution in [1.82, 2.24) is 10.3 Å². The first-order chi connectivity index (χ1) is 13.4. The fraction of sp³-hybridized carbons (Fsp3) is 0.429. The van der Waals surface area contributed by atoms with Gasteiger partial charge in [0.1, 0.15) is 11.5 Å². The van der Waals surface area contributed by atoms with Crippen LogP contribution in [-0.4, -0.2) is 30.8 Å². The van der Waals surface area contributed by atoms with E-state index in [4.69, 9.17) is 4.74 Å². The summed E-state index contributed by atoms with van der Waals surface area (Å²) in [5, 5.41) is 2.84. The standard InChI is InChI=1S/C21H25F3N2O3/c1-13(17-8-7-15(11-25-17)29-12-21(22,23)24)26-19(27)16-10-14(20(2,3)4)6-9-18(16)28-5/h6-11,13H,12H2,1-5H3,(H,26,27). The van der Waals surface area contributed by atoms with Crippen LogP contribution in [0.15, 0.2) is 36.5 Å². The molecule has 29 heavy (non-hydrogen) atoms. The van der Waals surface area contributed by atoms with E-state index in [0.29, 0.717) is 17.0 Å². The number of halogens is 3. The summed E-state index contributed by atoms with van der Waals surface area (Å²) >= 11 is 0. The summed E-state index contributed by atoms with van der Waals surface area (Å²) in [6, 6.07) is 7.90. The van der Waals surface area contributed by atoms with Crippen molar-refractivity contribution < 1.29 is 27.4 Å². The van der Waals surface area contributed by atoms with E-state index < -0.39 is 18.8 Å². The summed E-state index contributed by atoms with van der Waals surface area (Å²) in [5.41, 5.74) is 1.74. The van der Waals surface area contributed by atoms with Gasteiger partial charge in [0, 0.05) is 0 Å². The Hall–Kier alpha value is -2.77. The van der Waals surface area contributed by atoms with Gasteiger partial charge in [0.15, 0.2) is 6.61 Å². The van der Waals surface area contributed by atoms with E-state index in [1.807, 2.05) is 26.8 Å². The molecule has 0 radical (unpaired) electrons. The summed E-state index contributed by atoms with van der Waals surface area (Å²) in [6.07, 6.45) is -3.22. The van der Waals surface area contributed by atoms with Gasteiger partial charge in [0.05, 0.1) is 30.6 Å². The number of carbonyl (C=O) groups is 1. The summed E-state index contributed by atoms with van der Waals surface area (Å²) < 4.78 is 46.6. The van der Waals surface area contributed by atoms with Crippen LogP contribution in [0, 0.1) is 0 Å². The first-order valence-corrected chi connectivity index (χ1v) is 9.05. The van der Waals surface area contributed by atoms with Gasteiger partial charge in [-0.15, -0.1) is 0 Å². The van der Waals surface area contributed by atoms with E-state index in [0.717, 1.165) is 5.56 Å². The molecule has 0 saturated carbocycles. The first-order valence-electron chi connectivity index (χ1n) is 9.05. The molecule has 158 valence electrons. The van der Waals surface area contributed by atoms with E-state index in [1.54, 1.807) is 19.1 Å². The lowest BCUT2D eigenvalue weighted by molar-refractivity contribution is -0.153. The quantitative estimate of drug-likeness (QED) is 0.742. The Kier molecular flexibility index (Phi) is 6.77.